The van der Waals surface area contributed by atoms with Gasteiger partial charge >= 0.3 is 5.69 Å². The first-order valence-electron chi connectivity index (χ1n) is 4.07. The second-order valence-electron chi connectivity index (χ2n) is 3.21. The number of halogens is 2. The smallest absolute Gasteiger partial charge is 0.258 e. The summed E-state index contributed by atoms with van der Waals surface area (Å²) in [5.41, 5.74) is -0.681. The summed E-state index contributed by atoms with van der Waals surface area (Å²) < 4.78 is 26.3. The van der Waals surface area contributed by atoms with E-state index in [0.29, 0.717) is 0 Å². The summed E-state index contributed by atoms with van der Waals surface area (Å²) >= 11 is 0. The molecular formula is C9H9F2NO2. The molecule has 0 aliphatic heterocycles. The summed E-state index contributed by atoms with van der Waals surface area (Å²) in [6, 6.07) is 2.22. The van der Waals surface area contributed by atoms with E-state index >= 15 is 0 Å². The molecule has 1 aromatic carbocycles. The van der Waals surface area contributed by atoms with Crippen LogP contribution in [-0.2, 0) is 0 Å². The van der Waals surface area contributed by atoms with Crippen LogP contribution < -0.4 is 0 Å². The Labute approximate surface area is 79.5 Å². The standard InChI is InChI=1S/C9H9F2NO2/c1-5(2)6-3-4-7(12(13)14)9(11)8(6)10/h3-5H,1-2H3. The van der Waals surface area contributed by atoms with Crippen LogP contribution in [0.5, 0.6) is 0 Å². The summed E-state index contributed by atoms with van der Waals surface area (Å²) in [5.74, 6) is -2.72. The first-order chi connectivity index (χ1) is 6.45. The molecule has 0 N–H and O–H groups in total. The molecule has 76 valence electrons. The Morgan fingerprint density at radius 3 is 2.29 bits per heavy atom. The first-order valence-corrected chi connectivity index (χ1v) is 4.07. The van der Waals surface area contributed by atoms with Gasteiger partial charge in [-0.25, -0.2) is 4.39 Å². The fourth-order valence-electron chi connectivity index (χ4n) is 1.14. The van der Waals surface area contributed by atoms with Gasteiger partial charge in [0, 0.05) is 6.07 Å². The van der Waals surface area contributed by atoms with Crippen molar-refractivity contribution >= 4 is 5.69 Å². The van der Waals surface area contributed by atoms with Crippen molar-refractivity contribution in [3.05, 3.63) is 39.4 Å². The summed E-state index contributed by atoms with van der Waals surface area (Å²) in [7, 11) is 0. The molecule has 0 saturated heterocycles. The van der Waals surface area contributed by atoms with Gasteiger partial charge in [0.1, 0.15) is 0 Å². The van der Waals surface area contributed by atoms with Crippen molar-refractivity contribution in [2.45, 2.75) is 19.8 Å². The van der Waals surface area contributed by atoms with E-state index in [-0.39, 0.29) is 11.5 Å². The predicted molar refractivity (Wildman–Crippen MR) is 47.1 cm³/mol. The number of nitro benzene ring substituents is 1. The van der Waals surface area contributed by atoms with Crippen molar-refractivity contribution in [1.82, 2.24) is 0 Å². The predicted octanol–water partition coefficient (Wildman–Crippen LogP) is 3.00. The number of rotatable bonds is 2. The molecule has 0 bridgehead atoms. The number of hydrogen-bond acceptors (Lipinski definition) is 2. The molecular weight excluding hydrogens is 192 g/mol. The summed E-state index contributed by atoms with van der Waals surface area (Å²) in [6.07, 6.45) is 0. The zero-order valence-electron chi connectivity index (χ0n) is 7.75. The minimum Gasteiger partial charge on any atom is -0.258 e. The molecule has 0 radical (unpaired) electrons. The lowest BCUT2D eigenvalue weighted by Gasteiger charge is -2.06. The number of hydrogen-bond donors (Lipinski definition) is 0. The van der Waals surface area contributed by atoms with Gasteiger partial charge in [-0.2, -0.15) is 4.39 Å². The Hall–Kier alpha value is -1.52. The van der Waals surface area contributed by atoms with Gasteiger partial charge in [0.25, 0.3) is 0 Å². The van der Waals surface area contributed by atoms with Gasteiger partial charge in [-0.05, 0) is 17.5 Å². The molecule has 0 heterocycles. The highest BCUT2D eigenvalue weighted by atomic mass is 19.2. The summed E-state index contributed by atoms with van der Waals surface area (Å²) in [6.45, 7) is 3.37. The maximum Gasteiger partial charge on any atom is 0.307 e. The van der Waals surface area contributed by atoms with E-state index in [9.17, 15) is 18.9 Å². The van der Waals surface area contributed by atoms with Crippen LogP contribution in [0, 0.1) is 21.7 Å². The van der Waals surface area contributed by atoms with E-state index in [0.717, 1.165) is 6.07 Å². The first kappa shape index (κ1) is 10.6. The minimum atomic E-state index is -1.39. The van der Waals surface area contributed by atoms with Crippen LogP contribution >= 0.6 is 0 Å². The molecule has 1 rings (SSSR count). The highest BCUT2D eigenvalue weighted by Gasteiger charge is 2.21. The van der Waals surface area contributed by atoms with Crippen LogP contribution in [0.1, 0.15) is 25.3 Å². The zero-order chi connectivity index (χ0) is 10.9. The van der Waals surface area contributed by atoms with E-state index in [4.69, 9.17) is 0 Å². The highest BCUT2D eigenvalue weighted by molar-refractivity contribution is 5.37. The Balaban J connectivity index is 3.33. The van der Waals surface area contributed by atoms with Crippen molar-refractivity contribution in [1.29, 1.82) is 0 Å². The van der Waals surface area contributed by atoms with Crippen LogP contribution in [0.3, 0.4) is 0 Å². The van der Waals surface area contributed by atoms with Gasteiger partial charge in [0.15, 0.2) is 5.82 Å². The van der Waals surface area contributed by atoms with Gasteiger partial charge in [0.2, 0.25) is 5.82 Å². The highest BCUT2D eigenvalue weighted by Crippen LogP contribution is 2.26. The molecule has 0 saturated carbocycles. The Morgan fingerprint density at radius 1 is 1.29 bits per heavy atom. The third-order valence-electron chi connectivity index (χ3n) is 1.91. The maximum absolute atomic E-state index is 13.2. The van der Waals surface area contributed by atoms with E-state index in [2.05, 4.69) is 0 Å². The third-order valence-corrected chi connectivity index (χ3v) is 1.91. The van der Waals surface area contributed by atoms with Gasteiger partial charge < -0.3 is 0 Å². The lowest BCUT2D eigenvalue weighted by molar-refractivity contribution is -0.387. The Morgan fingerprint density at radius 2 is 1.86 bits per heavy atom. The van der Waals surface area contributed by atoms with Crippen LogP contribution in [-0.4, -0.2) is 4.92 Å². The van der Waals surface area contributed by atoms with E-state index in [1.165, 1.54) is 6.07 Å². The molecule has 0 aromatic heterocycles. The maximum atomic E-state index is 13.2. The van der Waals surface area contributed by atoms with Gasteiger partial charge in [0.05, 0.1) is 4.92 Å². The second kappa shape index (κ2) is 3.69. The monoisotopic (exact) mass is 201 g/mol. The number of nitrogens with zero attached hydrogens (tertiary/aromatic N) is 1. The summed E-state index contributed by atoms with van der Waals surface area (Å²) in [5, 5.41) is 10.3. The fourth-order valence-corrected chi connectivity index (χ4v) is 1.14. The molecule has 0 spiro atoms. The van der Waals surface area contributed by atoms with E-state index in [1.807, 2.05) is 0 Å². The molecule has 0 unspecified atom stereocenters. The van der Waals surface area contributed by atoms with Crippen molar-refractivity contribution in [3.63, 3.8) is 0 Å². The molecule has 0 atom stereocenters. The number of benzene rings is 1. The quantitative estimate of drug-likeness (QED) is 0.545. The van der Waals surface area contributed by atoms with Gasteiger partial charge in [-0.1, -0.05) is 13.8 Å². The largest absolute Gasteiger partial charge is 0.307 e. The molecule has 0 fully saturated rings. The molecule has 14 heavy (non-hydrogen) atoms. The fraction of sp³-hybridized carbons (Fsp3) is 0.333. The Kier molecular flexibility index (Phi) is 2.78. The molecule has 0 aliphatic carbocycles. The van der Waals surface area contributed by atoms with Crippen molar-refractivity contribution in [2.75, 3.05) is 0 Å². The second-order valence-corrected chi connectivity index (χ2v) is 3.21. The van der Waals surface area contributed by atoms with Crippen LogP contribution in [0.2, 0.25) is 0 Å². The normalized spacial score (nSPS) is 10.6. The molecule has 0 amide bonds. The molecule has 1 aromatic rings. The third kappa shape index (κ3) is 1.71. The van der Waals surface area contributed by atoms with Crippen molar-refractivity contribution in [2.24, 2.45) is 0 Å². The van der Waals surface area contributed by atoms with E-state index < -0.39 is 22.2 Å². The minimum absolute atomic E-state index is 0.146. The van der Waals surface area contributed by atoms with Crippen molar-refractivity contribution < 1.29 is 13.7 Å². The number of nitro groups is 1. The van der Waals surface area contributed by atoms with Crippen LogP contribution in [0.15, 0.2) is 12.1 Å². The van der Waals surface area contributed by atoms with E-state index in [1.54, 1.807) is 13.8 Å². The Bertz CT molecular complexity index is 377. The summed E-state index contributed by atoms with van der Waals surface area (Å²) in [4.78, 5) is 9.31. The average molecular weight is 201 g/mol. The van der Waals surface area contributed by atoms with Gasteiger partial charge in [-0.3, -0.25) is 10.1 Å². The topological polar surface area (TPSA) is 43.1 Å². The van der Waals surface area contributed by atoms with Gasteiger partial charge in [-0.15, -0.1) is 0 Å². The zero-order valence-corrected chi connectivity index (χ0v) is 7.75. The lowest BCUT2D eigenvalue weighted by Crippen LogP contribution is -2.01. The van der Waals surface area contributed by atoms with Crippen LogP contribution in [0.25, 0.3) is 0 Å². The SMILES string of the molecule is CC(C)c1ccc([N+](=O)[O-])c(F)c1F. The molecule has 3 nitrogen and oxygen atoms in total. The average Bonchev–Trinajstić information content (AvgIpc) is 2.08. The molecule has 5 heteroatoms. The van der Waals surface area contributed by atoms with Crippen LogP contribution in [0.4, 0.5) is 14.5 Å². The molecule has 0 aliphatic rings. The lowest BCUT2D eigenvalue weighted by atomic mass is 10.0. The van der Waals surface area contributed by atoms with Crippen molar-refractivity contribution in [3.8, 4) is 0 Å².